The van der Waals surface area contributed by atoms with Crippen molar-refractivity contribution in [3.05, 3.63) is 32.7 Å². The molecule has 1 saturated heterocycles. The Balaban J connectivity index is 1.49. The fraction of sp³-hybridized carbons (Fsp3) is 0.650. The highest BCUT2D eigenvalue weighted by molar-refractivity contribution is 5.75. The van der Waals surface area contributed by atoms with Crippen LogP contribution in [0.25, 0.3) is 16.9 Å². The molecular formula is C20H31N7O2. The Bertz CT molecular complexity index is 1130. The number of imidazole rings is 2. The molecule has 0 radical (unpaired) electrons. The van der Waals surface area contributed by atoms with Gasteiger partial charge in [-0.25, -0.2) is 4.79 Å². The summed E-state index contributed by atoms with van der Waals surface area (Å²) in [6.45, 7) is 13.9. The summed E-state index contributed by atoms with van der Waals surface area (Å²) in [5.41, 5.74) is 1.05. The highest BCUT2D eigenvalue weighted by atomic mass is 16.2. The van der Waals surface area contributed by atoms with Gasteiger partial charge in [-0.3, -0.25) is 23.6 Å². The Morgan fingerprint density at radius 3 is 2.38 bits per heavy atom. The fourth-order valence-electron chi connectivity index (χ4n) is 4.11. The van der Waals surface area contributed by atoms with Gasteiger partial charge >= 0.3 is 5.69 Å². The van der Waals surface area contributed by atoms with Crippen LogP contribution in [0.3, 0.4) is 0 Å². The van der Waals surface area contributed by atoms with Crippen LogP contribution < -0.4 is 11.2 Å². The van der Waals surface area contributed by atoms with E-state index in [-0.39, 0.29) is 0 Å². The van der Waals surface area contributed by atoms with Gasteiger partial charge in [-0.15, -0.1) is 0 Å². The zero-order chi connectivity index (χ0) is 20.7. The SMILES string of the molecule is Cc1cn2c3c(=O)[nH]c(=O)n(C)c3nc2n1CCN1CCN(CCC(C)C)CC1. The minimum atomic E-state index is -0.443. The first-order valence-corrected chi connectivity index (χ1v) is 10.5. The number of hydrogen-bond acceptors (Lipinski definition) is 5. The van der Waals surface area contributed by atoms with Gasteiger partial charge in [0.15, 0.2) is 11.2 Å². The van der Waals surface area contributed by atoms with E-state index in [1.54, 1.807) is 11.4 Å². The van der Waals surface area contributed by atoms with Gasteiger partial charge in [0.1, 0.15) is 0 Å². The second-order valence-electron chi connectivity index (χ2n) is 8.56. The average Bonchev–Trinajstić information content (AvgIpc) is 3.19. The number of rotatable bonds is 6. The first-order chi connectivity index (χ1) is 13.8. The average molecular weight is 402 g/mol. The van der Waals surface area contributed by atoms with Gasteiger partial charge in [0.2, 0.25) is 5.78 Å². The lowest BCUT2D eigenvalue weighted by Crippen LogP contribution is -2.47. The van der Waals surface area contributed by atoms with E-state index in [1.807, 2.05) is 13.1 Å². The van der Waals surface area contributed by atoms with Gasteiger partial charge in [-0.1, -0.05) is 13.8 Å². The number of piperazine rings is 1. The van der Waals surface area contributed by atoms with Crippen molar-refractivity contribution in [1.82, 2.24) is 33.3 Å². The van der Waals surface area contributed by atoms with E-state index in [4.69, 9.17) is 0 Å². The molecular weight excluding hydrogens is 370 g/mol. The molecule has 3 aromatic rings. The first-order valence-electron chi connectivity index (χ1n) is 10.5. The molecule has 1 N–H and O–H groups in total. The summed E-state index contributed by atoms with van der Waals surface area (Å²) in [4.78, 5) is 36.2. The van der Waals surface area contributed by atoms with Crippen molar-refractivity contribution in [3.8, 4) is 0 Å². The number of nitrogens with one attached hydrogen (secondary N) is 1. The van der Waals surface area contributed by atoms with Crippen LogP contribution >= 0.6 is 0 Å². The number of aromatic amines is 1. The molecule has 4 heterocycles. The van der Waals surface area contributed by atoms with Crippen LogP contribution in [0.15, 0.2) is 15.8 Å². The largest absolute Gasteiger partial charge is 0.329 e. The minimum absolute atomic E-state index is 0.398. The Morgan fingerprint density at radius 2 is 1.72 bits per heavy atom. The van der Waals surface area contributed by atoms with Crippen molar-refractivity contribution in [2.45, 2.75) is 33.7 Å². The third-order valence-corrected chi connectivity index (χ3v) is 6.04. The molecule has 9 nitrogen and oxygen atoms in total. The Morgan fingerprint density at radius 1 is 1.07 bits per heavy atom. The summed E-state index contributed by atoms with van der Waals surface area (Å²) in [6, 6.07) is 0. The Labute approximate surface area is 169 Å². The summed E-state index contributed by atoms with van der Waals surface area (Å²) < 4.78 is 5.32. The van der Waals surface area contributed by atoms with Crippen LogP contribution in [0, 0.1) is 12.8 Å². The molecule has 1 fully saturated rings. The van der Waals surface area contributed by atoms with Gasteiger partial charge in [-0.05, 0) is 25.8 Å². The Kier molecular flexibility index (Phi) is 5.35. The normalized spacial score (nSPS) is 16.6. The molecule has 29 heavy (non-hydrogen) atoms. The quantitative estimate of drug-likeness (QED) is 0.656. The van der Waals surface area contributed by atoms with Gasteiger partial charge in [0.05, 0.1) is 0 Å². The van der Waals surface area contributed by atoms with Gasteiger partial charge in [0.25, 0.3) is 5.56 Å². The van der Waals surface area contributed by atoms with E-state index >= 15 is 0 Å². The maximum Gasteiger partial charge on any atom is 0.329 e. The van der Waals surface area contributed by atoms with E-state index in [9.17, 15) is 9.59 Å². The maximum atomic E-state index is 12.3. The third-order valence-electron chi connectivity index (χ3n) is 6.04. The second kappa shape index (κ2) is 7.79. The monoisotopic (exact) mass is 401 g/mol. The minimum Gasteiger partial charge on any atom is -0.313 e. The topological polar surface area (TPSA) is 83.6 Å². The van der Waals surface area contributed by atoms with Gasteiger partial charge in [-0.2, -0.15) is 4.98 Å². The molecule has 0 atom stereocenters. The predicted molar refractivity (Wildman–Crippen MR) is 114 cm³/mol. The van der Waals surface area contributed by atoms with E-state index in [1.165, 1.54) is 17.5 Å². The Hall–Kier alpha value is -2.39. The maximum absolute atomic E-state index is 12.3. The standard InChI is InChI=1S/C20H31N7O2/c1-14(2)5-6-24-7-9-25(10-8-24)11-12-26-15(3)13-27-16-17(21-19(26)27)23(4)20(29)22-18(16)28/h13-14H,5-12H2,1-4H3,(H,22,28,29). The summed E-state index contributed by atoms with van der Waals surface area (Å²) in [7, 11) is 1.63. The van der Waals surface area contributed by atoms with Crippen LogP contribution in [0.2, 0.25) is 0 Å². The number of H-pyrrole nitrogens is 1. The molecule has 0 aliphatic carbocycles. The van der Waals surface area contributed by atoms with Crippen molar-refractivity contribution < 1.29 is 0 Å². The van der Waals surface area contributed by atoms with Crippen molar-refractivity contribution >= 4 is 16.9 Å². The molecule has 158 valence electrons. The van der Waals surface area contributed by atoms with Gasteiger partial charge < -0.3 is 9.47 Å². The van der Waals surface area contributed by atoms with E-state index in [0.29, 0.717) is 16.9 Å². The molecule has 0 bridgehead atoms. The van der Waals surface area contributed by atoms with Gasteiger partial charge in [0, 0.05) is 58.2 Å². The van der Waals surface area contributed by atoms with Crippen LogP contribution in [0.4, 0.5) is 0 Å². The van der Waals surface area contributed by atoms with Crippen LogP contribution in [-0.2, 0) is 13.6 Å². The number of nitrogens with zero attached hydrogens (tertiary/aromatic N) is 6. The highest BCUT2D eigenvalue weighted by Crippen LogP contribution is 2.16. The molecule has 9 heteroatoms. The second-order valence-corrected chi connectivity index (χ2v) is 8.56. The number of aryl methyl sites for hydroxylation is 2. The molecule has 0 aromatic carbocycles. The van der Waals surface area contributed by atoms with Crippen molar-refractivity contribution in [1.29, 1.82) is 0 Å². The molecule has 0 unspecified atom stereocenters. The predicted octanol–water partition coefficient (Wildman–Crippen LogP) is 0.648. The number of fused-ring (bicyclic) bond motifs is 3. The van der Waals surface area contributed by atoms with E-state index in [2.05, 4.69) is 38.2 Å². The lowest BCUT2D eigenvalue weighted by atomic mass is 10.1. The lowest BCUT2D eigenvalue weighted by molar-refractivity contribution is 0.125. The number of hydrogen-bond donors (Lipinski definition) is 1. The number of aromatic nitrogens is 5. The third kappa shape index (κ3) is 3.76. The zero-order valence-corrected chi connectivity index (χ0v) is 17.8. The lowest BCUT2D eigenvalue weighted by Gasteiger charge is -2.35. The summed E-state index contributed by atoms with van der Waals surface area (Å²) in [5, 5.41) is 0. The molecule has 0 spiro atoms. The fourth-order valence-corrected chi connectivity index (χ4v) is 4.11. The van der Waals surface area contributed by atoms with Crippen LogP contribution in [0.1, 0.15) is 26.0 Å². The van der Waals surface area contributed by atoms with Crippen molar-refractivity contribution in [2.24, 2.45) is 13.0 Å². The van der Waals surface area contributed by atoms with Crippen molar-refractivity contribution in [2.75, 3.05) is 39.3 Å². The summed E-state index contributed by atoms with van der Waals surface area (Å²) >= 11 is 0. The molecule has 0 saturated carbocycles. The molecule has 4 rings (SSSR count). The molecule has 1 aliphatic heterocycles. The highest BCUT2D eigenvalue weighted by Gasteiger charge is 2.20. The van der Waals surface area contributed by atoms with Crippen LogP contribution in [0.5, 0.6) is 0 Å². The molecule has 1 aliphatic rings. The van der Waals surface area contributed by atoms with E-state index < -0.39 is 11.2 Å². The first kappa shape index (κ1) is 19.9. The zero-order valence-electron chi connectivity index (χ0n) is 17.8. The summed E-state index contributed by atoms with van der Waals surface area (Å²) in [6.07, 6.45) is 3.18. The smallest absolute Gasteiger partial charge is 0.313 e. The summed E-state index contributed by atoms with van der Waals surface area (Å²) in [5.74, 6) is 1.46. The van der Waals surface area contributed by atoms with E-state index in [0.717, 1.165) is 50.9 Å². The molecule has 3 aromatic heterocycles. The van der Waals surface area contributed by atoms with Crippen molar-refractivity contribution in [3.63, 3.8) is 0 Å². The molecule has 0 amide bonds. The van der Waals surface area contributed by atoms with Crippen LogP contribution in [-0.4, -0.2) is 72.6 Å².